The molecule has 0 saturated carbocycles. The number of aromatic amines is 1. The van der Waals surface area contributed by atoms with Gasteiger partial charge >= 0.3 is 0 Å². The van der Waals surface area contributed by atoms with Crippen molar-refractivity contribution in [3.63, 3.8) is 0 Å². The Hall–Kier alpha value is -2.06. The molecule has 0 fully saturated rings. The molecule has 114 valence electrons. The summed E-state index contributed by atoms with van der Waals surface area (Å²) in [6.45, 7) is 0.387. The van der Waals surface area contributed by atoms with Gasteiger partial charge in [-0.05, 0) is 24.3 Å². The van der Waals surface area contributed by atoms with E-state index in [4.69, 9.17) is 10.5 Å². The summed E-state index contributed by atoms with van der Waals surface area (Å²) >= 11 is 0. The molecule has 1 aromatic carbocycles. The maximum Gasteiger partial charge on any atom is 0.214 e. The Labute approximate surface area is 123 Å². The number of benzene rings is 1. The Kier molecular flexibility index (Phi) is 5.18. The molecule has 0 aliphatic rings. The fourth-order valence-corrected chi connectivity index (χ4v) is 2.53. The zero-order chi connectivity index (χ0) is 15.1. The lowest BCUT2D eigenvalue weighted by molar-refractivity contribution is 0.340. The van der Waals surface area contributed by atoms with Crippen molar-refractivity contribution in [2.45, 2.75) is 6.42 Å². The number of nitrogens with zero attached hydrogens (tertiary/aromatic N) is 1. The van der Waals surface area contributed by atoms with Crippen molar-refractivity contribution in [1.82, 2.24) is 14.7 Å². The van der Waals surface area contributed by atoms with E-state index in [1.165, 1.54) is 0 Å². The van der Waals surface area contributed by atoms with Crippen LogP contribution in [0.15, 0.2) is 36.7 Å². The van der Waals surface area contributed by atoms with E-state index in [1.54, 1.807) is 36.7 Å². The quantitative estimate of drug-likeness (QED) is 0.616. The third-order valence-electron chi connectivity index (χ3n) is 2.74. The molecule has 0 radical (unpaired) electrons. The first-order chi connectivity index (χ1) is 10.1. The summed E-state index contributed by atoms with van der Waals surface area (Å²) in [5, 5.41) is 0. The highest BCUT2D eigenvalue weighted by atomic mass is 32.2. The molecule has 0 saturated heterocycles. The number of anilines is 1. The van der Waals surface area contributed by atoms with Crippen molar-refractivity contribution in [2.75, 3.05) is 24.6 Å². The van der Waals surface area contributed by atoms with Gasteiger partial charge in [-0.2, -0.15) is 0 Å². The van der Waals surface area contributed by atoms with Crippen molar-refractivity contribution in [1.29, 1.82) is 0 Å². The van der Waals surface area contributed by atoms with Gasteiger partial charge in [-0.3, -0.25) is 0 Å². The Balaban J connectivity index is 1.69. The molecule has 7 nitrogen and oxygen atoms in total. The molecule has 21 heavy (non-hydrogen) atoms. The highest BCUT2D eigenvalue weighted by Gasteiger charge is 2.10. The number of nitrogens with one attached hydrogen (secondary N) is 2. The monoisotopic (exact) mass is 310 g/mol. The van der Waals surface area contributed by atoms with Gasteiger partial charge in [-0.1, -0.05) is 0 Å². The van der Waals surface area contributed by atoms with Crippen LogP contribution in [-0.2, 0) is 16.4 Å². The first kappa shape index (κ1) is 15.3. The van der Waals surface area contributed by atoms with Gasteiger partial charge in [0.05, 0.1) is 5.75 Å². The fourth-order valence-electron chi connectivity index (χ4n) is 1.67. The highest BCUT2D eigenvalue weighted by molar-refractivity contribution is 7.89. The number of sulfonamides is 1. The standard InChI is InChI=1S/C13H18N4O3S/c14-11-1-3-12(4-2-11)20-9-10-21(18,19)17-6-5-13-15-7-8-16-13/h1-4,7-8,17H,5-6,9-10,14H2,(H,15,16). The van der Waals surface area contributed by atoms with Gasteiger partial charge < -0.3 is 15.5 Å². The predicted molar refractivity (Wildman–Crippen MR) is 80.4 cm³/mol. The minimum Gasteiger partial charge on any atom is -0.492 e. The van der Waals surface area contributed by atoms with Gasteiger partial charge in [0.1, 0.15) is 18.2 Å². The second-order valence-electron chi connectivity index (χ2n) is 4.42. The lowest BCUT2D eigenvalue weighted by atomic mass is 10.3. The van der Waals surface area contributed by atoms with Crippen LogP contribution in [0.2, 0.25) is 0 Å². The van der Waals surface area contributed by atoms with E-state index in [2.05, 4.69) is 14.7 Å². The smallest absolute Gasteiger partial charge is 0.214 e. The molecule has 2 aromatic rings. The molecule has 0 spiro atoms. The minimum atomic E-state index is -3.35. The lowest BCUT2D eigenvalue weighted by Gasteiger charge is -2.08. The number of ether oxygens (including phenoxy) is 1. The second kappa shape index (κ2) is 7.09. The molecule has 1 aromatic heterocycles. The third kappa shape index (κ3) is 5.44. The van der Waals surface area contributed by atoms with Crippen molar-refractivity contribution in [3.8, 4) is 5.75 Å². The lowest BCUT2D eigenvalue weighted by Crippen LogP contribution is -2.30. The van der Waals surface area contributed by atoms with Gasteiger partial charge in [0.25, 0.3) is 0 Å². The van der Waals surface area contributed by atoms with Crippen molar-refractivity contribution in [3.05, 3.63) is 42.5 Å². The number of nitrogens with two attached hydrogens (primary N) is 1. The van der Waals surface area contributed by atoms with Crippen LogP contribution < -0.4 is 15.2 Å². The fraction of sp³-hybridized carbons (Fsp3) is 0.308. The molecule has 0 aliphatic heterocycles. The van der Waals surface area contributed by atoms with Crippen LogP contribution >= 0.6 is 0 Å². The van der Waals surface area contributed by atoms with E-state index in [1.807, 2.05) is 0 Å². The van der Waals surface area contributed by atoms with E-state index in [-0.39, 0.29) is 12.4 Å². The van der Waals surface area contributed by atoms with Crippen molar-refractivity contribution in [2.24, 2.45) is 0 Å². The summed E-state index contributed by atoms with van der Waals surface area (Å²) in [5.41, 5.74) is 6.18. The molecule has 1 heterocycles. The first-order valence-electron chi connectivity index (χ1n) is 6.49. The highest BCUT2D eigenvalue weighted by Crippen LogP contribution is 2.12. The van der Waals surface area contributed by atoms with Crippen LogP contribution in [-0.4, -0.2) is 37.3 Å². The summed E-state index contributed by atoms with van der Waals surface area (Å²) < 4.78 is 31.4. The third-order valence-corrected chi connectivity index (χ3v) is 4.09. The van der Waals surface area contributed by atoms with Gasteiger partial charge in [0.2, 0.25) is 10.0 Å². The van der Waals surface area contributed by atoms with E-state index < -0.39 is 10.0 Å². The van der Waals surface area contributed by atoms with Crippen molar-refractivity contribution < 1.29 is 13.2 Å². The Morgan fingerprint density at radius 2 is 2.05 bits per heavy atom. The molecule has 2 rings (SSSR count). The number of nitrogen functional groups attached to an aromatic ring is 1. The topological polar surface area (TPSA) is 110 Å². The SMILES string of the molecule is Nc1ccc(OCCS(=O)(=O)NCCc2ncc[nH]2)cc1. The zero-order valence-electron chi connectivity index (χ0n) is 11.5. The molecule has 0 aliphatic carbocycles. The van der Waals surface area contributed by atoms with Gasteiger partial charge in [0.15, 0.2) is 0 Å². The predicted octanol–water partition coefficient (Wildman–Crippen LogP) is 0.533. The summed E-state index contributed by atoms with van der Waals surface area (Å²) in [7, 11) is -3.35. The molecule has 0 amide bonds. The number of rotatable bonds is 8. The number of aromatic nitrogens is 2. The molecule has 0 atom stereocenters. The van der Waals surface area contributed by atoms with E-state index >= 15 is 0 Å². The Morgan fingerprint density at radius 3 is 2.71 bits per heavy atom. The number of H-pyrrole nitrogens is 1. The van der Waals surface area contributed by atoms with Crippen LogP contribution in [0.25, 0.3) is 0 Å². The molecule has 4 N–H and O–H groups in total. The Bertz CT molecular complexity index is 639. The van der Waals surface area contributed by atoms with Gasteiger partial charge in [0, 0.05) is 31.0 Å². The summed E-state index contributed by atoms with van der Waals surface area (Å²) in [6, 6.07) is 6.80. The van der Waals surface area contributed by atoms with Crippen LogP contribution in [0, 0.1) is 0 Å². The number of hydrogen-bond acceptors (Lipinski definition) is 5. The average Bonchev–Trinajstić information content (AvgIpc) is 2.94. The normalized spacial score (nSPS) is 11.4. The molecule has 0 bridgehead atoms. The van der Waals surface area contributed by atoms with Crippen molar-refractivity contribution >= 4 is 15.7 Å². The van der Waals surface area contributed by atoms with E-state index in [0.717, 1.165) is 5.82 Å². The number of imidazole rings is 1. The van der Waals surface area contributed by atoms with E-state index in [0.29, 0.717) is 24.4 Å². The van der Waals surface area contributed by atoms with Gasteiger partial charge in [-0.15, -0.1) is 0 Å². The molecular weight excluding hydrogens is 292 g/mol. The Morgan fingerprint density at radius 1 is 1.29 bits per heavy atom. The van der Waals surface area contributed by atoms with Crippen LogP contribution in [0.3, 0.4) is 0 Å². The first-order valence-corrected chi connectivity index (χ1v) is 8.14. The second-order valence-corrected chi connectivity index (χ2v) is 6.34. The van der Waals surface area contributed by atoms with E-state index in [9.17, 15) is 8.42 Å². The van der Waals surface area contributed by atoms with Crippen LogP contribution in [0.1, 0.15) is 5.82 Å². The molecule has 8 heteroatoms. The average molecular weight is 310 g/mol. The summed E-state index contributed by atoms with van der Waals surface area (Å²) in [4.78, 5) is 6.93. The molecule has 0 unspecified atom stereocenters. The molecular formula is C13H18N4O3S. The summed E-state index contributed by atoms with van der Waals surface area (Å²) in [6.07, 6.45) is 3.85. The largest absolute Gasteiger partial charge is 0.492 e. The number of hydrogen-bond donors (Lipinski definition) is 3. The zero-order valence-corrected chi connectivity index (χ0v) is 12.3. The van der Waals surface area contributed by atoms with Crippen LogP contribution in [0.4, 0.5) is 5.69 Å². The maximum absolute atomic E-state index is 11.8. The van der Waals surface area contributed by atoms with Gasteiger partial charge in [-0.25, -0.2) is 18.1 Å². The minimum absolute atomic E-state index is 0.0833. The maximum atomic E-state index is 11.8. The van der Waals surface area contributed by atoms with Crippen LogP contribution in [0.5, 0.6) is 5.75 Å². The summed E-state index contributed by atoms with van der Waals surface area (Å²) in [5.74, 6) is 1.24.